The van der Waals surface area contributed by atoms with E-state index in [0.29, 0.717) is 28.2 Å². The highest BCUT2D eigenvalue weighted by molar-refractivity contribution is 6.06. The number of morpholine rings is 1. The van der Waals surface area contributed by atoms with E-state index >= 15 is 0 Å². The topological polar surface area (TPSA) is 178 Å². The lowest BCUT2D eigenvalue weighted by molar-refractivity contribution is -0.165. The van der Waals surface area contributed by atoms with Crippen molar-refractivity contribution < 1.29 is 24.0 Å². The lowest BCUT2D eigenvalue weighted by Gasteiger charge is -2.37. The zero-order chi connectivity index (χ0) is 26.4. The van der Waals surface area contributed by atoms with Crippen molar-refractivity contribution >= 4 is 45.9 Å². The molecule has 196 valence electrons. The van der Waals surface area contributed by atoms with Crippen LogP contribution in [0.25, 0.3) is 16.7 Å². The largest absolute Gasteiger partial charge is 0.380 e. The lowest BCUT2D eigenvalue weighted by Crippen LogP contribution is -2.61. The number of nitrogen functional groups attached to an aromatic ring is 1. The van der Waals surface area contributed by atoms with E-state index in [1.807, 2.05) is 6.07 Å². The van der Waals surface area contributed by atoms with Gasteiger partial charge in [0.15, 0.2) is 34.7 Å². The first-order valence-electron chi connectivity index (χ1n) is 12.1. The number of fused-ring (bicyclic) bond motifs is 1. The summed E-state index contributed by atoms with van der Waals surface area (Å²) in [5, 5.41) is 30.8. The molecule has 2 saturated heterocycles. The highest BCUT2D eigenvalue weighted by Crippen LogP contribution is 2.28. The first kappa shape index (κ1) is 23.8. The van der Waals surface area contributed by atoms with Crippen molar-refractivity contribution in [3.8, 4) is 5.69 Å². The maximum atomic E-state index is 13.4. The molecule has 6 rings (SSSR count). The fraction of sp³-hybridized carbons (Fsp3) is 0.333. The molecule has 0 bridgehead atoms. The molecule has 2 amide bonds. The molecule has 38 heavy (non-hydrogen) atoms. The normalized spacial score (nSPS) is 19.3. The molecule has 2 aliphatic heterocycles. The van der Waals surface area contributed by atoms with Gasteiger partial charge < -0.3 is 30.3 Å². The fourth-order valence-corrected chi connectivity index (χ4v) is 4.40. The van der Waals surface area contributed by atoms with Crippen molar-refractivity contribution in [3.05, 3.63) is 42.7 Å². The SMILES string of the molecule is CC(O)(C(=O)Nc1ccc2c(N)noc2c1)[C@H]1OCCN(c2ccn(-c3cnnc(N4CCC4)c3)n2)C1=O. The van der Waals surface area contributed by atoms with Crippen LogP contribution in [0.5, 0.6) is 0 Å². The first-order chi connectivity index (χ1) is 18.3. The molecule has 2 atom stereocenters. The Labute approximate surface area is 215 Å². The molecular formula is C24H25N9O5. The van der Waals surface area contributed by atoms with Gasteiger partial charge in [-0.05, 0) is 25.5 Å². The number of aromatic nitrogens is 5. The van der Waals surface area contributed by atoms with Crippen LogP contribution in [0.4, 0.5) is 23.1 Å². The fourth-order valence-electron chi connectivity index (χ4n) is 4.40. The number of rotatable bonds is 6. The van der Waals surface area contributed by atoms with Crippen LogP contribution in [0.3, 0.4) is 0 Å². The molecule has 1 aromatic carbocycles. The van der Waals surface area contributed by atoms with E-state index in [-0.39, 0.29) is 19.0 Å². The Bertz CT molecular complexity index is 1530. The van der Waals surface area contributed by atoms with Gasteiger partial charge in [0.1, 0.15) is 0 Å². The summed E-state index contributed by atoms with van der Waals surface area (Å²) in [6.45, 7) is 3.41. The minimum Gasteiger partial charge on any atom is -0.380 e. The Hall–Kier alpha value is -4.56. The monoisotopic (exact) mass is 519 g/mol. The Balaban J connectivity index is 1.18. The van der Waals surface area contributed by atoms with Gasteiger partial charge in [0, 0.05) is 43.2 Å². The van der Waals surface area contributed by atoms with Crippen LogP contribution in [0.1, 0.15) is 13.3 Å². The van der Waals surface area contributed by atoms with Crippen LogP contribution in [0.2, 0.25) is 0 Å². The molecule has 14 nitrogen and oxygen atoms in total. The molecule has 0 aliphatic carbocycles. The highest BCUT2D eigenvalue weighted by Gasteiger charge is 2.49. The average Bonchev–Trinajstić information content (AvgIpc) is 3.50. The number of amides is 2. The average molecular weight is 520 g/mol. The van der Waals surface area contributed by atoms with Crippen molar-refractivity contribution in [2.24, 2.45) is 0 Å². The second-order valence-electron chi connectivity index (χ2n) is 9.35. The Morgan fingerprint density at radius 3 is 2.84 bits per heavy atom. The van der Waals surface area contributed by atoms with E-state index in [1.54, 1.807) is 35.3 Å². The van der Waals surface area contributed by atoms with Gasteiger partial charge in [0.2, 0.25) is 0 Å². The maximum Gasteiger partial charge on any atom is 0.260 e. The number of anilines is 4. The number of ether oxygens (including phenoxy) is 1. The number of aliphatic hydroxyl groups is 1. The maximum absolute atomic E-state index is 13.4. The van der Waals surface area contributed by atoms with Gasteiger partial charge in [0.05, 0.1) is 30.4 Å². The zero-order valence-electron chi connectivity index (χ0n) is 20.4. The summed E-state index contributed by atoms with van der Waals surface area (Å²) in [7, 11) is 0. The third-order valence-electron chi connectivity index (χ3n) is 6.74. The summed E-state index contributed by atoms with van der Waals surface area (Å²) < 4.78 is 12.3. The van der Waals surface area contributed by atoms with E-state index in [1.165, 1.54) is 17.9 Å². The molecule has 3 aromatic heterocycles. The highest BCUT2D eigenvalue weighted by atomic mass is 16.5. The van der Waals surface area contributed by atoms with Crippen LogP contribution in [-0.4, -0.2) is 80.0 Å². The standard InChI is InChI=1S/C24H25N9O5/c1-24(36,23(35)27-14-3-4-16-17(11-14)38-30-21(16)25)20-22(34)32(9-10-37-20)18-5-8-33(29-18)15-12-19(28-26-13-15)31-6-2-7-31/h3-5,8,11-13,20,36H,2,6-7,9-10H2,1H3,(H2,25,30)(H,27,35)/t20-,24?/m0/s1. The van der Waals surface area contributed by atoms with E-state index in [9.17, 15) is 14.7 Å². The molecule has 2 fully saturated rings. The molecule has 5 heterocycles. The van der Waals surface area contributed by atoms with Crippen molar-refractivity contribution in [1.82, 2.24) is 25.1 Å². The second-order valence-corrected chi connectivity index (χ2v) is 9.35. The molecule has 14 heteroatoms. The molecule has 2 aliphatic rings. The summed E-state index contributed by atoms with van der Waals surface area (Å²) in [6, 6.07) is 8.31. The van der Waals surface area contributed by atoms with Crippen molar-refractivity contribution in [2.45, 2.75) is 25.0 Å². The number of nitrogens with one attached hydrogen (secondary N) is 1. The number of nitrogens with zero attached hydrogens (tertiary/aromatic N) is 7. The van der Waals surface area contributed by atoms with Crippen molar-refractivity contribution in [1.29, 1.82) is 0 Å². The van der Waals surface area contributed by atoms with Gasteiger partial charge in [-0.2, -0.15) is 5.10 Å². The minimum absolute atomic E-state index is 0.103. The summed E-state index contributed by atoms with van der Waals surface area (Å²) >= 11 is 0. The molecule has 0 saturated carbocycles. The molecule has 0 radical (unpaired) electrons. The summed E-state index contributed by atoms with van der Waals surface area (Å²) in [5.41, 5.74) is 4.94. The lowest BCUT2D eigenvalue weighted by atomic mass is 9.95. The summed E-state index contributed by atoms with van der Waals surface area (Å²) in [5.74, 6) is -0.0625. The molecule has 4 aromatic rings. The van der Waals surface area contributed by atoms with Gasteiger partial charge in [-0.15, -0.1) is 10.2 Å². The molecular weight excluding hydrogens is 494 g/mol. The zero-order valence-corrected chi connectivity index (χ0v) is 20.4. The number of hydrogen-bond acceptors (Lipinski definition) is 11. The third-order valence-corrected chi connectivity index (χ3v) is 6.74. The van der Waals surface area contributed by atoms with E-state index in [4.69, 9.17) is 15.0 Å². The molecule has 4 N–H and O–H groups in total. The Kier molecular flexibility index (Phi) is 5.69. The Morgan fingerprint density at radius 1 is 1.21 bits per heavy atom. The van der Waals surface area contributed by atoms with Crippen molar-refractivity contribution in [3.63, 3.8) is 0 Å². The van der Waals surface area contributed by atoms with Crippen molar-refractivity contribution in [2.75, 3.05) is 47.1 Å². The Morgan fingerprint density at radius 2 is 2.05 bits per heavy atom. The van der Waals surface area contributed by atoms with Crippen LogP contribution >= 0.6 is 0 Å². The second kappa shape index (κ2) is 9.08. The quantitative estimate of drug-likeness (QED) is 0.327. The predicted molar refractivity (Wildman–Crippen MR) is 136 cm³/mol. The van der Waals surface area contributed by atoms with Crippen LogP contribution < -0.4 is 20.9 Å². The van der Waals surface area contributed by atoms with E-state index < -0.39 is 23.5 Å². The number of benzene rings is 1. The summed E-state index contributed by atoms with van der Waals surface area (Å²) in [6.07, 6.45) is 2.96. The van der Waals surface area contributed by atoms with E-state index in [0.717, 1.165) is 25.3 Å². The van der Waals surface area contributed by atoms with Crippen LogP contribution in [-0.2, 0) is 14.3 Å². The number of nitrogens with two attached hydrogens (primary N) is 1. The smallest absolute Gasteiger partial charge is 0.260 e. The molecule has 0 spiro atoms. The van der Waals surface area contributed by atoms with Gasteiger partial charge in [-0.3, -0.25) is 14.5 Å². The first-order valence-corrected chi connectivity index (χ1v) is 12.1. The summed E-state index contributed by atoms with van der Waals surface area (Å²) in [4.78, 5) is 29.9. The number of hydrogen-bond donors (Lipinski definition) is 3. The van der Waals surface area contributed by atoms with Gasteiger partial charge in [-0.1, -0.05) is 5.16 Å². The van der Waals surface area contributed by atoms with Crippen LogP contribution in [0, 0.1) is 0 Å². The number of carbonyl (C=O) groups is 2. The van der Waals surface area contributed by atoms with Gasteiger partial charge in [0.25, 0.3) is 11.8 Å². The van der Waals surface area contributed by atoms with Gasteiger partial charge >= 0.3 is 0 Å². The minimum atomic E-state index is -2.19. The van der Waals surface area contributed by atoms with E-state index in [2.05, 4.69) is 30.7 Å². The number of carbonyl (C=O) groups excluding carboxylic acids is 2. The van der Waals surface area contributed by atoms with Gasteiger partial charge in [-0.25, -0.2) is 4.68 Å². The van der Waals surface area contributed by atoms with Crippen LogP contribution in [0.15, 0.2) is 47.2 Å². The third kappa shape index (κ3) is 4.09. The predicted octanol–water partition coefficient (Wildman–Crippen LogP) is 0.717. The molecule has 1 unspecified atom stereocenters.